The fourth-order valence-corrected chi connectivity index (χ4v) is 5.76. The van der Waals surface area contributed by atoms with E-state index in [9.17, 15) is 13.2 Å². The minimum Gasteiger partial charge on any atom is -0.351 e. The number of nitrogens with one attached hydrogen (secondary N) is 1. The lowest BCUT2D eigenvalue weighted by atomic mass is 10.2. The number of hydrogen-bond donors (Lipinski definition) is 1. The van der Waals surface area contributed by atoms with E-state index in [0.29, 0.717) is 12.1 Å². The summed E-state index contributed by atoms with van der Waals surface area (Å²) < 4.78 is 25.0. The molecule has 1 aliphatic rings. The molecule has 9 heteroatoms. The molecule has 0 bridgehead atoms. The summed E-state index contributed by atoms with van der Waals surface area (Å²) in [7, 11) is -3.25. The molecule has 1 amide bonds. The second-order valence-electron chi connectivity index (χ2n) is 7.93. The van der Waals surface area contributed by atoms with Gasteiger partial charge in [0.05, 0.1) is 20.9 Å². The summed E-state index contributed by atoms with van der Waals surface area (Å²) in [6, 6.07) is 12.4. The van der Waals surface area contributed by atoms with Gasteiger partial charge in [-0.1, -0.05) is 30.4 Å². The summed E-state index contributed by atoms with van der Waals surface area (Å²) in [6.45, 7) is 8.72. The van der Waals surface area contributed by atoms with E-state index in [1.54, 1.807) is 30.4 Å². The Labute approximate surface area is 193 Å². The average molecular weight is 473 g/mol. The molecule has 4 rings (SSSR count). The Morgan fingerprint density at radius 3 is 2.47 bits per heavy atom. The van der Waals surface area contributed by atoms with Crippen LogP contribution in [0.1, 0.15) is 22.8 Å². The number of nitrogens with zero attached hydrogens (tertiary/aromatic N) is 3. The first-order valence-corrected chi connectivity index (χ1v) is 13.3. The van der Waals surface area contributed by atoms with E-state index in [4.69, 9.17) is 4.98 Å². The highest BCUT2D eigenvalue weighted by Gasteiger charge is 2.20. The minimum atomic E-state index is -3.25. The fraction of sp³-hybridized carbons (Fsp3) is 0.391. The van der Waals surface area contributed by atoms with E-state index in [1.807, 2.05) is 0 Å². The van der Waals surface area contributed by atoms with Crippen LogP contribution in [-0.4, -0.2) is 69.2 Å². The smallest absolute Gasteiger partial charge is 0.251 e. The number of carbonyl (C=O) groups is 1. The van der Waals surface area contributed by atoms with Gasteiger partial charge in [-0.3, -0.25) is 9.69 Å². The van der Waals surface area contributed by atoms with E-state index in [2.05, 4.69) is 40.2 Å². The van der Waals surface area contributed by atoms with Crippen LogP contribution in [0.2, 0.25) is 0 Å². The Bertz CT molecular complexity index is 1200. The van der Waals surface area contributed by atoms with E-state index in [-0.39, 0.29) is 16.6 Å². The van der Waals surface area contributed by atoms with Crippen LogP contribution in [0.3, 0.4) is 0 Å². The number of fused-ring (bicyclic) bond motifs is 1. The fourth-order valence-electron chi connectivity index (χ4n) is 3.78. The highest BCUT2D eigenvalue weighted by Crippen LogP contribution is 2.30. The van der Waals surface area contributed by atoms with Crippen LogP contribution in [0.4, 0.5) is 5.13 Å². The molecule has 0 unspecified atom stereocenters. The summed E-state index contributed by atoms with van der Waals surface area (Å²) >= 11 is 1.74. The number of hydrogen-bond acceptors (Lipinski definition) is 7. The Hall–Kier alpha value is -2.49. The zero-order chi connectivity index (χ0) is 22.7. The van der Waals surface area contributed by atoms with E-state index >= 15 is 0 Å². The van der Waals surface area contributed by atoms with Gasteiger partial charge in [-0.2, -0.15) is 0 Å². The SMILES string of the molecule is CCS(=O)(=O)c1ccc(C(=O)NCCN2CCN(c3nc4c(C)cccc4s3)CC2)cc1. The molecule has 1 aliphatic heterocycles. The van der Waals surface area contributed by atoms with Gasteiger partial charge in [0.25, 0.3) is 5.91 Å². The minimum absolute atomic E-state index is 0.0460. The van der Waals surface area contributed by atoms with Crippen LogP contribution in [0.15, 0.2) is 47.4 Å². The molecule has 0 atom stereocenters. The number of para-hydroxylation sites is 1. The number of piperazine rings is 1. The number of aryl methyl sites for hydroxylation is 1. The number of amides is 1. The van der Waals surface area contributed by atoms with Crippen molar-refractivity contribution in [3.63, 3.8) is 0 Å². The van der Waals surface area contributed by atoms with Crippen LogP contribution in [0.25, 0.3) is 10.2 Å². The number of sulfone groups is 1. The van der Waals surface area contributed by atoms with Gasteiger partial charge in [0, 0.05) is 44.8 Å². The molecule has 170 valence electrons. The van der Waals surface area contributed by atoms with Crippen molar-refractivity contribution in [2.24, 2.45) is 0 Å². The Morgan fingerprint density at radius 2 is 1.81 bits per heavy atom. The summed E-state index contributed by atoms with van der Waals surface area (Å²) in [6.07, 6.45) is 0. The first-order valence-electron chi connectivity index (χ1n) is 10.8. The van der Waals surface area contributed by atoms with Crippen molar-refractivity contribution in [2.75, 3.05) is 49.9 Å². The van der Waals surface area contributed by atoms with Crippen LogP contribution >= 0.6 is 11.3 Å². The third-order valence-corrected chi connectivity index (χ3v) is 8.65. The van der Waals surface area contributed by atoms with Gasteiger partial charge in [-0.05, 0) is 42.8 Å². The zero-order valence-corrected chi connectivity index (χ0v) is 20.0. The molecule has 32 heavy (non-hydrogen) atoms. The standard InChI is InChI=1S/C23H28N4O3S2/c1-3-32(29,30)19-9-7-18(8-10-19)22(28)24-11-12-26-13-15-27(16-14-26)23-25-21-17(2)5-4-6-20(21)31-23/h4-10H,3,11-16H2,1-2H3,(H,24,28). The molecule has 0 saturated carbocycles. The third kappa shape index (κ3) is 4.95. The highest BCUT2D eigenvalue weighted by molar-refractivity contribution is 7.91. The number of thiazole rings is 1. The molecular formula is C23H28N4O3S2. The van der Waals surface area contributed by atoms with Crippen LogP contribution in [0, 0.1) is 6.92 Å². The molecule has 0 spiro atoms. The lowest BCUT2D eigenvalue weighted by Gasteiger charge is -2.34. The lowest BCUT2D eigenvalue weighted by molar-refractivity contribution is 0.0947. The maximum Gasteiger partial charge on any atom is 0.251 e. The van der Waals surface area contributed by atoms with Crippen molar-refractivity contribution >= 4 is 42.4 Å². The van der Waals surface area contributed by atoms with Crippen LogP contribution in [-0.2, 0) is 9.84 Å². The quantitative estimate of drug-likeness (QED) is 0.569. The first-order chi connectivity index (χ1) is 15.4. The maximum atomic E-state index is 12.4. The third-order valence-electron chi connectivity index (χ3n) is 5.82. The van der Waals surface area contributed by atoms with Crippen molar-refractivity contribution in [3.05, 3.63) is 53.6 Å². The summed E-state index contributed by atoms with van der Waals surface area (Å²) in [5.41, 5.74) is 2.77. The van der Waals surface area contributed by atoms with Gasteiger partial charge in [0.2, 0.25) is 0 Å². The second kappa shape index (κ2) is 9.56. The molecule has 0 radical (unpaired) electrons. The van der Waals surface area contributed by atoms with E-state index in [1.165, 1.54) is 22.4 Å². The van der Waals surface area contributed by atoms with Crippen LogP contribution < -0.4 is 10.2 Å². The number of anilines is 1. The second-order valence-corrected chi connectivity index (χ2v) is 11.2. The number of rotatable bonds is 7. The van der Waals surface area contributed by atoms with E-state index in [0.717, 1.165) is 43.4 Å². The largest absolute Gasteiger partial charge is 0.351 e. The van der Waals surface area contributed by atoms with Crippen molar-refractivity contribution < 1.29 is 13.2 Å². The van der Waals surface area contributed by atoms with Crippen molar-refractivity contribution in [1.82, 2.24) is 15.2 Å². The molecule has 2 heterocycles. The first kappa shape index (κ1) is 22.7. The normalized spacial score (nSPS) is 15.2. The van der Waals surface area contributed by atoms with Gasteiger partial charge in [-0.25, -0.2) is 13.4 Å². The predicted molar refractivity (Wildman–Crippen MR) is 130 cm³/mol. The molecule has 0 aliphatic carbocycles. The number of aromatic nitrogens is 1. The molecule has 1 saturated heterocycles. The van der Waals surface area contributed by atoms with Gasteiger partial charge in [0.15, 0.2) is 15.0 Å². The van der Waals surface area contributed by atoms with Crippen molar-refractivity contribution in [2.45, 2.75) is 18.7 Å². The summed E-state index contributed by atoms with van der Waals surface area (Å²) in [5, 5.41) is 4.01. The summed E-state index contributed by atoms with van der Waals surface area (Å²) in [4.78, 5) is 22.1. The van der Waals surface area contributed by atoms with Crippen molar-refractivity contribution in [3.8, 4) is 0 Å². The Morgan fingerprint density at radius 1 is 1.09 bits per heavy atom. The Balaban J connectivity index is 1.24. The van der Waals surface area contributed by atoms with Gasteiger partial charge >= 0.3 is 0 Å². The molecule has 1 aromatic heterocycles. The van der Waals surface area contributed by atoms with Gasteiger partial charge in [-0.15, -0.1) is 0 Å². The molecule has 1 fully saturated rings. The molecule has 2 aromatic carbocycles. The van der Waals surface area contributed by atoms with E-state index < -0.39 is 9.84 Å². The molecule has 1 N–H and O–H groups in total. The maximum absolute atomic E-state index is 12.4. The zero-order valence-electron chi connectivity index (χ0n) is 18.4. The predicted octanol–water partition coefficient (Wildman–Crippen LogP) is 2.95. The summed E-state index contributed by atoms with van der Waals surface area (Å²) in [5.74, 6) is -0.140. The van der Waals surface area contributed by atoms with Crippen LogP contribution in [0.5, 0.6) is 0 Å². The van der Waals surface area contributed by atoms with Gasteiger partial charge in [0.1, 0.15) is 0 Å². The molecule has 3 aromatic rings. The molecular weight excluding hydrogens is 444 g/mol. The van der Waals surface area contributed by atoms with Gasteiger partial charge < -0.3 is 10.2 Å². The Kier molecular flexibility index (Phi) is 6.78. The average Bonchev–Trinajstić information content (AvgIpc) is 3.25. The van der Waals surface area contributed by atoms with Crippen molar-refractivity contribution in [1.29, 1.82) is 0 Å². The number of benzene rings is 2. The topological polar surface area (TPSA) is 82.6 Å². The molecule has 7 nitrogen and oxygen atoms in total. The number of carbonyl (C=O) groups excluding carboxylic acids is 1. The highest BCUT2D eigenvalue weighted by atomic mass is 32.2. The monoisotopic (exact) mass is 472 g/mol. The lowest BCUT2D eigenvalue weighted by Crippen LogP contribution is -2.48.